The third kappa shape index (κ3) is 3.51. The van der Waals surface area contributed by atoms with E-state index in [1.165, 1.54) is 19.3 Å². The Bertz CT molecular complexity index is 358. The molecule has 1 saturated heterocycles. The highest BCUT2D eigenvalue weighted by atomic mass is 16.2. The van der Waals surface area contributed by atoms with Crippen LogP contribution in [0.1, 0.15) is 40.0 Å². The van der Waals surface area contributed by atoms with Crippen LogP contribution in [-0.2, 0) is 9.59 Å². The van der Waals surface area contributed by atoms with E-state index in [4.69, 9.17) is 0 Å². The van der Waals surface area contributed by atoms with Gasteiger partial charge in [0.05, 0.1) is 6.54 Å². The SMILES string of the molecule is CC(=O)N1CCN(C(=O)CN(C(C)C)C2CCC2)CC1. The van der Waals surface area contributed by atoms with Gasteiger partial charge in [-0.25, -0.2) is 0 Å². The summed E-state index contributed by atoms with van der Waals surface area (Å²) in [5.41, 5.74) is 0. The monoisotopic (exact) mass is 281 g/mol. The van der Waals surface area contributed by atoms with Gasteiger partial charge in [0.1, 0.15) is 0 Å². The topological polar surface area (TPSA) is 43.9 Å². The number of hydrogen-bond donors (Lipinski definition) is 0. The van der Waals surface area contributed by atoms with E-state index in [2.05, 4.69) is 18.7 Å². The van der Waals surface area contributed by atoms with Crippen molar-refractivity contribution in [3.05, 3.63) is 0 Å². The van der Waals surface area contributed by atoms with Crippen LogP contribution >= 0.6 is 0 Å². The molecule has 0 radical (unpaired) electrons. The van der Waals surface area contributed by atoms with Crippen LogP contribution in [0.2, 0.25) is 0 Å². The van der Waals surface area contributed by atoms with Gasteiger partial charge in [0, 0.05) is 45.2 Å². The minimum Gasteiger partial charge on any atom is -0.339 e. The fraction of sp³-hybridized carbons (Fsp3) is 0.867. The zero-order valence-corrected chi connectivity index (χ0v) is 13.0. The molecule has 2 fully saturated rings. The predicted molar refractivity (Wildman–Crippen MR) is 78.3 cm³/mol. The van der Waals surface area contributed by atoms with Gasteiger partial charge in [-0.3, -0.25) is 14.5 Å². The van der Waals surface area contributed by atoms with Crippen LogP contribution in [0.15, 0.2) is 0 Å². The van der Waals surface area contributed by atoms with E-state index < -0.39 is 0 Å². The molecule has 5 nitrogen and oxygen atoms in total. The van der Waals surface area contributed by atoms with Crippen LogP contribution in [0.25, 0.3) is 0 Å². The highest BCUT2D eigenvalue weighted by Gasteiger charge is 2.30. The van der Waals surface area contributed by atoms with Crippen LogP contribution in [0.3, 0.4) is 0 Å². The van der Waals surface area contributed by atoms with E-state index in [1.807, 2.05) is 9.80 Å². The van der Waals surface area contributed by atoms with Crippen molar-refractivity contribution < 1.29 is 9.59 Å². The summed E-state index contributed by atoms with van der Waals surface area (Å²) in [7, 11) is 0. The number of carbonyl (C=O) groups is 2. The third-order valence-electron chi connectivity index (χ3n) is 4.60. The Morgan fingerprint density at radius 1 is 1.10 bits per heavy atom. The Morgan fingerprint density at radius 3 is 2.05 bits per heavy atom. The second-order valence-corrected chi connectivity index (χ2v) is 6.24. The number of nitrogens with zero attached hydrogens (tertiary/aromatic N) is 3. The molecule has 0 N–H and O–H groups in total. The lowest BCUT2D eigenvalue weighted by molar-refractivity contribution is -0.140. The summed E-state index contributed by atoms with van der Waals surface area (Å²) in [5.74, 6) is 0.323. The van der Waals surface area contributed by atoms with E-state index in [-0.39, 0.29) is 11.8 Å². The highest BCUT2D eigenvalue weighted by molar-refractivity contribution is 5.79. The van der Waals surface area contributed by atoms with Crippen molar-refractivity contribution >= 4 is 11.8 Å². The van der Waals surface area contributed by atoms with Gasteiger partial charge in [-0.1, -0.05) is 6.42 Å². The molecule has 0 aromatic heterocycles. The minimum absolute atomic E-state index is 0.107. The van der Waals surface area contributed by atoms with E-state index in [1.54, 1.807) is 6.92 Å². The highest BCUT2D eigenvalue weighted by Crippen LogP contribution is 2.26. The lowest BCUT2D eigenvalue weighted by Gasteiger charge is -2.41. The molecule has 2 rings (SSSR count). The first-order chi connectivity index (χ1) is 9.49. The summed E-state index contributed by atoms with van der Waals surface area (Å²) < 4.78 is 0. The van der Waals surface area contributed by atoms with Crippen molar-refractivity contribution in [1.29, 1.82) is 0 Å². The summed E-state index contributed by atoms with van der Waals surface area (Å²) >= 11 is 0. The van der Waals surface area contributed by atoms with Crippen LogP contribution in [0.5, 0.6) is 0 Å². The second-order valence-electron chi connectivity index (χ2n) is 6.24. The van der Waals surface area contributed by atoms with Crippen LogP contribution in [-0.4, -0.2) is 71.3 Å². The molecule has 114 valence electrons. The fourth-order valence-corrected chi connectivity index (χ4v) is 2.98. The number of amides is 2. The molecule has 5 heteroatoms. The van der Waals surface area contributed by atoms with Gasteiger partial charge in [0.15, 0.2) is 0 Å². The van der Waals surface area contributed by atoms with E-state index in [9.17, 15) is 9.59 Å². The van der Waals surface area contributed by atoms with Crippen molar-refractivity contribution in [3.63, 3.8) is 0 Å². The molecular weight excluding hydrogens is 254 g/mol. The zero-order chi connectivity index (χ0) is 14.7. The maximum absolute atomic E-state index is 12.4. The molecular formula is C15H27N3O2. The molecule has 0 unspecified atom stereocenters. The fourth-order valence-electron chi connectivity index (χ4n) is 2.98. The lowest BCUT2D eigenvalue weighted by Crippen LogP contribution is -2.54. The molecule has 20 heavy (non-hydrogen) atoms. The zero-order valence-electron chi connectivity index (χ0n) is 13.0. The Balaban J connectivity index is 1.83. The van der Waals surface area contributed by atoms with Crippen molar-refractivity contribution in [2.24, 2.45) is 0 Å². The average molecular weight is 281 g/mol. The Kier molecular flexibility index (Phi) is 5.02. The summed E-state index contributed by atoms with van der Waals surface area (Å²) in [6.45, 7) is 9.15. The normalized spacial score (nSPS) is 20.4. The second kappa shape index (κ2) is 6.57. The first-order valence-corrected chi connectivity index (χ1v) is 7.78. The Labute approximate surface area is 121 Å². The van der Waals surface area contributed by atoms with Gasteiger partial charge in [-0.2, -0.15) is 0 Å². The quantitative estimate of drug-likeness (QED) is 0.770. The first kappa shape index (κ1) is 15.3. The first-order valence-electron chi connectivity index (χ1n) is 7.78. The average Bonchev–Trinajstić information content (AvgIpc) is 2.35. The van der Waals surface area contributed by atoms with E-state index in [0.29, 0.717) is 44.8 Å². The molecule has 0 atom stereocenters. The maximum atomic E-state index is 12.4. The van der Waals surface area contributed by atoms with Crippen LogP contribution < -0.4 is 0 Å². The van der Waals surface area contributed by atoms with Crippen molar-refractivity contribution in [1.82, 2.24) is 14.7 Å². The van der Waals surface area contributed by atoms with E-state index in [0.717, 1.165) is 0 Å². The van der Waals surface area contributed by atoms with Crippen molar-refractivity contribution in [3.8, 4) is 0 Å². The van der Waals surface area contributed by atoms with Gasteiger partial charge in [-0.05, 0) is 26.7 Å². The molecule has 0 bridgehead atoms. The van der Waals surface area contributed by atoms with Crippen molar-refractivity contribution in [2.75, 3.05) is 32.7 Å². The van der Waals surface area contributed by atoms with Crippen LogP contribution in [0, 0.1) is 0 Å². The van der Waals surface area contributed by atoms with Gasteiger partial charge in [0.25, 0.3) is 0 Å². The Morgan fingerprint density at radius 2 is 1.65 bits per heavy atom. The summed E-state index contributed by atoms with van der Waals surface area (Å²) in [4.78, 5) is 29.8. The molecule has 1 saturated carbocycles. The number of hydrogen-bond acceptors (Lipinski definition) is 3. The maximum Gasteiger partial charge on any atom is 0.236 e. The molecule has 2 aliphatic rings. The number of piperazine rings is 1. The number of rotatable bonds is 4. The van der Waals surface area contributed by atoms with Crippen LogP contribution in [0.4, 0.5) is 0 Å². The largest absolute Gasteiger partial charge is 0.339 e. The lowest BCUT2D eigenvalue weighted by atomic mass is 9.90. The van der Waals surface area contributed by atoms with Gasteiger partial charge >= 0.3 is 0 Å². The molecule has 1 aliphatic heterocycles. The van der Waals surface area contributed by atoms with Gasteiger partial charge in [0.2, 0.25) is 11.8 Å². The van der Waals surface area contributed by atoms with Gasteiger partial charge < -0.3 is 9.80 Å². The predicted octanol–water partition coefficient (Wildman–Crippen LogP) is 0.940. The minimum atomic E-state index is 0.107. The van der Waals surface area contributed by atoms with Crippen molar-refractivity contribution in [2.45, 2.75) is 52.1 Å². The molecule has 0 aromatic rings. The molecule has 0 spiro atoms. The summed E-state index contributed by atoms with van der Waals surface area (Å²) in [6.07, 6.45) is 3.74. The standard InChI is InChI=1S/C15H27N3O2/c1-12(2)18(14-5-4-6-14)11-15(20)17-9-7-16(8-10-17)13(3)19/h12,14H,4-11H2,1-3H3. The van der Waals surface area contributed by atoms with Gasteiger partial charge in [-0.15, -0.1) is 0 Å². The molecule has 1 heterocycles. The summed E-state index contributed by atoms with van der Waals surface area (Å²) in [5, 5.41) is 0. The smallest absolute Gasteiger partial charge is 0.236 e. The number of carbonyl (C=O) groups excluding carboxylic acids is 2. The molecule has 0 aromatic carbocycles. The summed E-state index contributed by atoms with van der Waals surface area (Å²) in [6, 6.07) is 1.01. The third-order valence-corrected chi connectivity index (χ3v) is 4.60. The molecule has 1 aliphatic carbocycles. The van der Waals surface area contributed by atoms with E-state index >= 15 is 0 Å². The molecule has 2 amide bonds. The Hall–Kier alpha value is -1.10.